The predicted octanol–water partition coefficient (Wildman–Crippen LogP) is 4.27. The van der Waals surface area contributed by atoms with Crippen LogP contribution in [0, 0.1) is 13.8 Å². The summed E-state index contributed by atoms with van der Waals surface area (Å²) in [5.74, 6) is -0.430. The van der Waals surface area contributed by atoms with Gasteiger partial charge in [0.1, 0.15) is 0 Å². The summed E-state index contributed by atoms with van der Waals surface area (Å²) in [5.41, 5.74) is 4.43. The molecule has 5 nitrogen and oxygen atoms in total. The molecule has 146 valence electrons. The van der Waals surface area contributed by atoms with Crippen molar-refractivity contribution in [3.63, 3.8) is 0 Å². The van der Waals surface area contributed by atoms with Gasteiger partial charge in [-0.25, -0.2) is 0 Å². The Hall–Kier alpha value is -2.60. The Kier molecular flexibility index (Phi) is 6.19. The number of thioether (sulfide) groups is 1. The van der Waals surface area contributed by atoms with Crippen molar-refractivity contribution in [2.24, 2.45) is 0 Å². The average molecular weight is 397 g/mol. The van der Waals surface area contributed by atoms with Gasteiger partial charge in [-0.1, -0.05) is 6.07 Å². The lowest BCUT2D eigenvalue weighted by atomic mass is 9.99. The van der Waals surface area contributed by atoms with E-state index in [0.29, 0.717) is 11.3 Å². The van der Waals surface area contributed by atoms with Crippen LogP contribution < -0.4 is 5.32 Å². The first-order valence-electron chi connectivity index (χ1n) is 9.19. The summed E-state index contributed by atoms with van der Waals surface area (Å²) in [7, 11) is 0. The Morgan fingerprint density at radius 1 is 1.11 bits per heavy atom. The third-order valence-electron chi connectivity index (χ3n) is 4.91. The number of fused-ring (bicyclic) bond motifs is 1. The number of carbonyl (C=O) groups is 3. The second-order valence-electron chi connectivity index (χ2n) is 6.94. The van der Waals surface area contributed by atoms with E-state index in [-0.39, 0.29) is 30.6 Å². The lowest BCUT2D eigenvalue weighted by Gasteiger charge is -2.07. The van der Waals surface area contributed by atoms with Gasteiger partial charge in [0.2, 0.25) is 5.91 Å². The third-order valence-corrected chi connectivity index (χ3v) is 5.90. The fourth-order valence-electron chi connectivity index (χ4n) is 2.95. The monoisotopic (exact) mass is 397 g/mol. The molecule has 1 atom stereocenters. The van der Waals surface area contributed by atoms with Crippen molar-refractivity contribution >= 4 is 35.1 Å². The molecule has 0 saturated heterocycles. The van der Waals surface area contributed by atoms with Gasteiger partial charge in [0.25, 0.3) is 0 Å². The molecular formula is C22H23NO4S. The quantitative estimate of drug-likeness (QED) is 0.429. The zero-order chi connectivity index (χ0) is 20.3. The number of rotatable bonds is 7. The summed E-state index contributed by atoms with van der Waals surface area (Å²) in [6, 6.07) is 11.3. The van der Waals surface area contributed by atoms with E-state index >= 15 is 0 Å². The van der Waals surface area contributed by atoms with Crippen LogP contribution in [-0.2, 0) is 14.3 Å². The number of amides is 1. The summed E-state index contributed by atoms with van der Waals surface area (Å²) in [5, 5.41) is 2.77. The lowest BCUT2D eigenvalue weighted by Crippen LogP contribution is -2.14. The molecule has 1 aliphatic rings. The number of Topliss-reactive ketones (excluding diaryl/α,β-unsaturated/α-hetero) is 1. The maximum Gasteiger partial charge on any atom is 0.307 e. The summed E-state index contributed by atoms with van der Waals surface area (Å²) >= 11 is 1.59. The Morgan fingerprint density at radius 3 is 2.64 bits per heavy atom. The van der Waals surface area contributed by atoms with E-state index < -0.39 is 5.97 Å². The van der Waals surface area contributed by atoms with E-state index in [1.54, 1.807) is 36.9 Å². The molecule has 2 aromatic carbocycles. The fraction of sp³-hybridized carbons (Fsp3) is 0.318. The minimum absolute atomic E-state index is 0.0766. The highest BCUT2D eigenvalue weighted by molar-refractivity contribution is 7.99. The van der Waals surface area contributed by atoms with E-state index in [2.05, 4.69) is 31.3 Å². The second kappa shape index (κ2) is 8.61. The molecule has 0 spiro atoms. The number of esters is 1. The Balaban J connectivity index is 1.46. The number of carbonyl (C=O) groups excluding carboxylic acids is 3. The lowest BCUT2D eigenvalue weighted by molar-refractivity contribution is -0.142. The van der Waals surface area contributed by atoms with Crippen molar-refractivity contribution in [2.75, 3.05) is 17.7 Å². The smallest absolute Gasteiger partial charge is 0.307 e. The Labute approximate surface area is 168 Å². The maximum absolute atomic E-state index is 12.3. The van der Waals surface area contributed by atoms with Crippen molar-refractivity contribution in [1.82, 2.24) is 0 Å². The highest BCUT2D eigenvalue weighted by atomic mass is 32.2. The molecule has 1 aliphatic heterocycles. The normalized spacial score (nSPS) is 15.1. The summed E-state index contributed by atoms with van der Waals surface area (Å²) < 4.78 is 5.12. The topological polar surface area (TPSA) is 72.5 Å². The van der Waals surface area contributed by atoms with Crippen LogP contribution in [0.2, 0.25) is 0 Å². The molecule has 0 aliphatic carbocycles. The molecule has 0 radical (unpaired) electrons. The molecule has 0 fully saturated rings. The minimum atomic E-state index is -0.393. The summed E-state index contributed by atoms with van der Waals surface area (Å²) in [4.78, 5) is 37.1. The molecule has 1 N–H and O–H groups in total. The third kappa shape index (κ3) is 4.62. The van der Waals surface area contributed by atoms with Gasteiger partial charge in [-0.05, 0) is 67.8 Å². The van der Waals surface area contributed by atoms with Crippen LogP contribution in [0.3, 0.4) is 0 Å². The molecule has 1 amide bonds. The van der Waals surface area contributed by atoms with E-state index in [1.165, 1.54) is 11.1 Å². The molecule has 1 heterocycles. The van der Waals surface area contributed by atoms with Gasteiger partial charge in [0.15, 0.2) is 12.4 Å². The van der Waals surface area contributed by atoms with E-state index in [4.69, 9.17) is 4.74 Å². The average Bonchev–Trinajstić information content (AvgIpc) is 2.96. The van der Waals surface area contributed by atoms with E-state index in [1.807, 2.05) is 6.07 Å². The molecule has 28 heavy (non-hydrogen) atoms. The SMILES string of the molecule is Cc1ccc(SCCC(=O)OCC(=O)c2ccc3c(c2)[C@@H](C)C(=O)N3)cc1C. The molecule has 0 aromatic heterocycles. The number of hydrogen-bond acceptors (Lipinski definition) is 5. The highest BCUT2D eigenvalue weighted by Gasteiger charge is 2.27. The van der Waals surface area contributed by atoms with Crippen molar-refractivity contribution in [1.29, 1.82) is 0 Å². The number of aryl methyl sites for hydroxylation is 2. The van der Waals surface area contributed by atoms with Gasteiger partial charge in [-0.3, -0.25) is 14.4 Å². The van der Waals surface area contributed by atoms with Gasteiger partial charge in [0.05, 0.1) is 12.3 Å². The summed E-state index contributed by atoms with van der Waals surface area (Å²) in [6.07, 6.45) is 0.241. The Morgan fingerprint density at radius 2 is 1.89 bits per heavy atom. The van der Waals surface area contributed by atoms with Crippen LogP contribution in [0.1, 0.15) is 46.3 Å². The van der Waals surface area contributed by atoms with Crippen LogP contribution in [0.25, 0.3) is 0 Å². The first-order chi connectivity index (χ1) is 13.3. The van der Waals surface area contributed by atoms with Crippen molar-refractivity contribution in [2.45, 2.75) is 38.0 Å². The standard InChI is InChI=1S/C22H23NO4S/c1-13-4-6-17(10-14(13)2)28-9-8-21(25)27-12-20(24)16-5-7-19-18(11-16)15(3)22(26)23-19/h4-7,10-11,15H,8-9,12H2,1-3H3,(H,23,26)/t15-/m1/s1. The van der Waals surface area contributed by atoms with Gasteiger partial charge in [-0.15, -0.1) is 11.8 Å². The minimum Gasteiger partial charge on any atom is -0.457 e. The van der Waals surface area contributed by atoms with Crippen molar-refractivity contribution < 1.29 is 19.1 Å². The van der Waals surface area contributed by atoms with Crippen molar-refractivity contribution in [3.8, 4) is 0 Å². The van der Waals surface area contributed by atoms with Gasteiger partial charge >= 0.3 is 5.97 Å². The van der Waals surface area contributed by atoms with Gasteiger partial charge < -0.3 is 10.1 Å². The first kappa shape index (κ1) is 20.1. The Bertz CT molecular complexity index is 938. The van der Waals surface area contributed by atoms with E-state index in [9.17, 15) is 14.4 Å². The van der Waals surface area contributed by atoms with Crippen LogP contribution in [-0.4, -0.2) is 30.0 Å². The van der Waals surface area contributed by atoms with Gasteiger partial charge in [-0.2, -0.15) is 0 Å². The first-order valence-corrected chi connectivity index (χ1v) is 10.2. The number of nitrogens with one attached hydrogen (secondary N) is 1. The summed E-state index contributed by atoms with van der Waals surface area (Å²) in [6.45, 7) is 5.63. The van der Waals surface area contributed by atoms with Crippen molar-refractivity contribution in [3.05, 3.63) is 58.7 Å². The number of hydrogen-bond donors (Lipinski definition) is 1. The van der Waals surface area contributed by atoms with Crippen LogP contribution >= 0.6 is 11.8 Å². The van der Waals surface area contributed by atoms with E-state index in [0.717, 1.165) is 16.1 Å². The fourth-order valence-corrected chi connectivity index (χ4v) is 3.88. The molecule has 3 rings (SSSR count). The zero-order valence-electron chi connectivity index (χ0n) is 16.2. The molecule has 2 aromatic rings. The molecular weight excluding hydrogens is 374 g/mol. The number of ether oxygens (including phenoxy) is 1. The zero-order valence-corrected chi connectivity index (χ0v) is 17.0. The number of ketones is 1. The van der Waals surface area contributed by atoms with Crippen LogP contribution in [0.4, 0.5) is 5.69 Å². The maximum atomic E-state index is 12.3. The molecule has 0 bridgehead atoms. The predicted molar refractivity (Wildman–Crippen MR) is 110 cm³/mol. The second-order valence-corrected chi connectivity index (χ2v) is 8.11. The van der Waals surface area contributed by atoms with Crippen LogP contribution in [0.5, 0.6) is 0 Å². The number of benzene rings is 2. The molecule has 0 saturated carbocycles. The molecule has 6 heteroatoms. The highest BCUT2D eigenvalue weighted by Crippen LogP contribution is 2.32. The van der Waals surface area contributed by atoms with Gasteiger partial charge in [0, 0.05) is 21.9 Å². The van der Waals surface area contributed by atoms with Crippen LogP contribution in [0.15, 0.2) is 41.3 Å². The number of anilines is 1. The molecule has 0 unspecified atom stereocenters. The largest absolute Gasteiger partial charge is 0.457 e.